The first kappa shape index (κ1) is 9.70. The Kier molecular flexibility index (Phi) is 3.00. The van der Waals surface area contributed by atoms with E-state index >= 15 is 0 Å². The summed E-state index contributed by atoms with van der Waals surface area (Å²) in [7, 11) is 0. The van der Waals surface area contributed by atoms with E-state index < -0.39 is 12.0 Å². The Balaban J connectivity index is 2.87. The second-order valence-electron chi connectivity index (χ2n) is 2.72. The van der Waals surface area contributed by atoms with Crippen LogP contribution in [0, 0.1) is 0 Å². The highest BCUT2D eigenvalue weighted by molar-refractivity contribution is 5.87. The lowest BCUT2D eigenvalue weighted by Gasteiger charge is -2.07. The Bertz CT molecular complexity index is 294. The molecule has 13 heavy (non-hydrogen) atoms. The van der Waals surface area contributed by atoms with Crippen LogP contribution in [-0.4, -0.2) is 22.8 Å². The standard InChI is InChI=1S/C9H11NO3/c10-8(5-11)6-1-3-7(4-2-6)9(12)13/h1-4,8,11H,5,10H2,(H,12,13)/t8-/m1/s1. The predicted octanol–water partition coefficient (Wildman–Crippen LogP) is 0.377. The van der Waals surface area contributed by atoms with Gasteiger partial charge >= 0.3 is 5.97 Å². The number of nitrogens with two attached hydrogens (primary N) is 1. The van der Waals surface area contributed by atoms with Crippen LogP contribution in [0.2, 0.25) is 0 Å². The third kappa shape index (κ3) is 2.27. The monoisotopic (exact) mass is 181 g/mol. The van der Waals surface area contributed by atoms with Crippen molar-refractivity contribution < 1.29 is 15.0 Å². The van der Waals surface area contributed by atoms with Crippen molar-refractivity contribution in [3.8, 4) is 0 Å². The molecule has 0 aliphatic rings. The van der Waals surface area contributed by atoms with E-state index in [0.717, 1.165) is 5.56 Å². The lowest BCUT2D eigenvalue weighted by molar-refractivity contribution is 0.0697. The van der Waals surface area contributed by atoms with E-state index in [1.54, 1.807) is 12.1 Å². The number of aromatic carboxylic acids is 1. The summed E-state index contributed by atoms with van der Waals surface area (Å²) in [6.07, 6.45) is 0. The molecule has 0 heterocycles. The maximum Gasteiger partial charge on any atom is 0.335 e. The van der Waals surface area contributed by atoms with Crippen LogP contribution in [0.1, 0.15) is 22.0 Å². The first-order valence-corrected chi connectivity index (χ1v) is 3.85. The van der Waals surface area contributed by atoms with Gasteiger partial charge in [-0.2, -0.15) is 0 Å². The summed E-state index contributed by atoms with van der Waals surface area (Å²) in [5, 5.41) is 17.3. The lowest BCUT2D eigenvalue weighted by atomic mass is 10.1. The number of benzene rings is 1. The van der Waals surface area contributed by atoms with Crippen molar-refractivity contribution in [1.29, 1.82) is 0 Å². The minimum atomic E-state index is -0.968. The molecule has 70 valence electrons. The van der Waals surface area contributed by atoms with Gasteiger partial charge in [0.15, 0.2) is 0 Å². The van der Waals surface area contributed by atoms with Gasteiger partial charge in [0.1, 0.15) is 0 Å². The highest BCUT2D eigenvalue weighted by Crippen LogP contribution is 2.10. The maximum absolute atomic E-state index is 10.5. The first-order chi connectivity index (χ1) is 6.15. The molecule has 0 spiro atoms. The molecule has 0 fully saturated rings. The first-order valence-electron chi connectivity index (χ1n) is 3.85. The van der Waals surface area contributed by atoms with Gasteiger partial charge in [-0.1, -0.05) is 12.1 Å². The molecule has 0 amide bonds. The van der Waals surface area contributed by atoms with Gasteiger partial charge in [0.05, 0.1) is 18.2 Å². The van der Waals surface area contributed by atoms with E-state index in [-0.39, 0.29) is 12.2 Å². The average molecular weight is 181 g/mol. The summed E-state index contributed by atoms with van der Waals surface area (Å²) in [6, 6.07) is 5.69. The van der Waals surface area contributed by atoms with Gasteiger partial charge in [-0.3, -0.25) is 0 Å². The van der Waals surface area contributed by atoms with Crippen LogP contribution in [0.15, 0.2) is 24.3 Å². The molecule has 0 radical (unpaired) electrons. The summed E-state index contributed by atoms with van der Waals surface area (Å²) in [4.78, 5) is 10.5. The van der Waals surface area contributed by atoms with Crippen LogP contribution in [-0.2, 0) is 0 Å². The van der Waals surface area contributed by atoms with Gasteiger partial charge in [0.2, 0.25) is 0 Å². The number of carbonyl (C=O) groups is 1. The number of rotatable bonds is 3. The van der Waals surface area contributed by atoms with Crippen molar-refractivity contribution >= 4 is 5.97 Å². The van der Waals surface area contributed by atoms with Crippen molar-refractivity contribution in [2.45, 2.75) is 6.04 Å². The fourth-order valence-electron chi connectivity index (χ4n) is 0.978. The molecule has 0 aliphatic heterocycles. The fraction of sp³-hybridized carbons (Fsp3) is 0.222. The quantitative estimate of drug-likeness (QED) is 0.629. The van der Waals surface area contributed by atoms with Crippen LogP contribution in [0.5, 0.6) is 0 Å². The molecule has 4 heteroatoms. The zero-order chi connectivity index (χ0) is 9.84. The van der Waals surface area contributed by atoms with Crippen molar-refractivity contribution in [3.05, 3.63) is 35.4 Å². The summed E-state index contributed by atoms with van der Waals surface area (Å²) >= 11 is 0. The lowest BCUT2D eigenvalue weighted by Crippen LogP contribution is -2.14. The molecular weight excluding hydrogens is 170 g/mol. The Morgan fingerprint density at radius 1 is 1.38 bits per heavy atom. The van der Waals surface area contributed by atoms with E-state index in [2.05, 4.69) is 0 Å². The van der Waals surface area contributed by atoms with Crippen molar-refractivity contribution in [2.24, 2.45) is 5.73 Å². The van der Waals surface area contributed by atoms with Gasteiger partial charge < -0.3 is 15.9 Å². The number of carboxylic acids is 1. The molecule has 1 atom stereocenters. The van der Waals surface area contributed by atoms with Crippen molar-refractivity contribution in [1.82, 2.24) is 0 Å². The number of hydrogen-bond donors (Lipinski definition) is 3. The van der Waals surface area contributed by atoms with Gasteiger partial charge in [0, 0.05) is 0 Å². The van der Waals surface area contributed by atoms with Crippen LogP contribution in [0.3, 0.4) is 0 Å². The Morgan fingerprint density at radius 2 is 1.92 bits per heavy atom. The highest BCUT2D eigenvalue weighted by Gasteiger charge is 2.05. The van der Waals surface area contributed by atoms with E-state index in [9.17, 15) is 4.79 Å². The molecule has 1 rings (SSSR count). The van der Waals surface area contributed by atoms with Crippen LogP contribution < -0.4 is 5.73 Å². The molecule has 0 unspecified atom stereocenters. The van der Waals surface area contributed by atoms with Gasteiger partial charge in [-0.05, 0) is 17.7 Å². The topological polar surface area (TPSA) is 83.5 Å². The molecule has 4 N–H and O–H groups in total. The Morgan fingerprint density at radius 3 is 2.31 bits per heavy atom. The minimum Gasteiger partial charge on any atom is -0.478 e. The molecule has 4 nitrogen and oxygen atoms in total. The minimum absolute atomic E-state index is 0.146. The normalized spacial score (nSPS) is 12.5. The number of aliphatic hydroxyl groups is 1. The van der Waals surface area contributed by atoms with Crippen LogP contribution in [0.25, 0.3) is 0 Å². The molecule has 0 saturated carbocycles. The molecule has 0 aromatic heterocycles. The largest absolute Gasteiger partial charge is 0.478 e. The molecular formula is C9H11NO3. The molecule has 0 bridgehead atoms. The summed E-state index contributed by atoms with van der Waals surface area (Å²) in [6.45, 7) is -0.146. The van der Waals surface area contributed by atoms with Crippen molar-refractivity contribution in [3.63, 3.8) is 0 Å². The Labute approximate surface area is 75.6 Å². The average Bonchev–Trinajstić information content (AvgIpc) is 2.17. The molecule has 1 aromatic carbocycles. The molecule has 0 saturated heterocycles. The second kappa shape index (κ2) is 4.02. The summed E-state index contributed by atoms with van der Waals surface area (Å²) < 4.78 is 0. The fourth-order valence-corrected chi connectivity index (χ4v) is 0.978. The van der Waals surface area contributed by atoms with E-state index in [0.29, 0.717) is 0 Å². The van der Waals surface area contributed by atoms with Crippen LogP contribution >= 0.6 is 0 Å². The number of carboxylic acid groups (broad SMARTS) is 1. The number of hydrogen-bond acceptors (Lipinski definition) is 3. The van der Waals surface area contributed by atoms with Gasteiger partial charge in [-0.25, -0.2) is 4.79 Å². The summed E-state index contributed by atoms with van der Waals surface area (Å²) in [5.74, 6) is -0.968. The molecule has 0 aliphatic carbocycles. The Hall–Kier alpha value is -1.39. The zero-order valence-corrected chi connectivity index (χ0v) is 6.97. The third-order valence-corrected chi connectivity index (χ3v) is 1.78. The van der Waals surface area contributed by atoms with Gasteiger partial charge in [-0.15, -0.1) is 0 Å². The number of aliphatic hydroxyl groups excluding tert-OH is 1. The highest BCUT2D eigenvalue weighted by atomic mass is 16.4. The van der Waals surface area contributed by atoms with E-state index in [4.69, 9.17) is 15.9 Å². The maximum atomic E-state index is 10.5. The zero-order valence-electron chi connectivity index (χ0n) is 6.97. The molecule has 1 aromatic rings. The predicted molar refractivity (Wildman–Crippen MR) is 47.4 cm³/mol. The van der Waals surface area contributed by atoms with E-state index in [1.165, 1.54) is 12.1 Å². The van der Waals surface area contributed by atoms with Gasteiger partial charge in [0.25, 0.3) is 0 Å². The smallest absolute Gasteiger partial charge is 0.335 e. The summed E-state index contributed by atoms with van der Waals surface area (Å²) in [5.41, 5.74) is 6.47. The van der Waals surface area contributed by atoms with Crippen LogP contribution in [0.4, 0.5) is 0 Å². The van der Waals surface area contributed by atoms with Crippen molar-refractivity contribution in [2.75, 3.05) is 6.61 Å². The van der Waals surface area contributed by atoms with E-state index in [1.807, 2.05) is 0 Å². The SMILES string of the molecule is N[C@H](CO)c1ccc(C(=O)O)cc1. The third-order valence-electron chi connectivity index (χ3n) is 1.78. The second-order valence-corrected chi connectivity index (χ2v) is 2.72.